The van der Waals surface area contributed by atoms with Crippen molar-refractivity contribution in [2.75, 3.05) is 15.4 Å². The molecule has 8 heteroatoms. The predicted molar refractivity (Wildman–Crippen MR) is 122 cm³/mol. The molecular weight excluding hydrogens is 414 g/mol. The lowest BCUT2D eigenvalue weighted by Crippen LogP contribution is -2.16. The first-order valence-electron chi connectivity index (χ1n) is 9.53. The Hall–Kier alpha value is -3.65. The number of hydrogen-bond acceptors (Lipinski definition) is 4. The highest BCUT2D eigenvalue weighted by atomic mass is 32.2. The molecule has 2 amide bonds. The van der Waals surface area contributed by atoms with Gasteiger partial charge in [0, 0.05) is 29.5 Å². The molecule has 3 aromatic rings. The van der Waals surface area contributed by atoms with E-state index >= 15 is 0 Å². The second kappa shape index (κ2) is 9.01. The molecule has 31 heavy (non-hydrogen) atoms. The van der Waals surface area contributed by atoms with E-state index in [0.29, 0.717) is 22.6 Å². The van der Waals surface area contributed by atoms with Crippen LogP contribution in [0.1, 0.15) is 28.4 Å². The number of nitrogens with one attached hydrogen (secondary N) is 3. The van der Waals surface area contributed by atoms with E-state index in [0.717, 1.165) is 11.1 Å². The van der Waals surface area contributed by atoms with E-state index < -0.39 is 15.9 Å². The molecule has 0 aliphatic carbocycles. The lowest BCUT2D eigenvalue weighted by molar-refractivity contribution is -0.114. The minimum absolute atomic E-state index is 0.0379. The minimum Gasteiger partial charge on any atom is -0.326 e. The molecule has 3 N–H and O–H groups in total. The maximum atomic E-state index is 12.8. The summed E-state index contributed by atoms with van der Waals surface area (Å²) in [6.07, 6.45) is 0. The van der Waals surface area contributed by atoms with Gasteiger partial charge in [-0.05, 0) is 73.5 Å². The average molecular weight is 438 g/mol. The van der Waals surface area contributed by atoms with Crippen molar-refractivity contribution < 1.29 is 18.0 Å². The van der Waals surface area contributed by atoms with Crippen molar-refractivity contribution in [1.29, 1.82) is 0 Å². The molecule has 0 radical (unpaired) electrons. The molecule has 0 atom stereocenters. The van der Waals surface area contributed by atoms with Crippen LogP contribution in [0, 0.1) is 13.8 Å². The molecule has 0 bridgehead atoms. The number of aryl methyl sites for hydroxylation is 2. The Labute approximate surface area is 181 Å². The molecule has 0 fully saturated rings. The van der Waals surface area contributed by atoms with Crippen molar-refractivity contribution in [3.05, 3.63) is 83.4 Å². The second-order valence-corrected chi connectivity index (χ2v) is 8.85. The molecule has 0 aromatic heterocycles. The Balaban J connectivity index is 1.80. The summed E-state index contributed by atoms with van der Waals surface area (Å²) >= 11 is 0. The summed E-state index contributed by atoms with van der Waals surface area (Å²) in [4.78, 5) is 23.8. The van der Waals surface area contributed by atoms with E-state index in [9.17, 15) is 18.0 Å². The first-order valence-corrected chi connectivity index (χ1v) is 11.0. The van der Waals surface area contributed by atoms with Crippen molar-refractivity contribution >= 4 is 38.9 Å². The van der Waals surface area contributed by atoms with Gasteiger partial charge in [-0.15, -0.1) is 0 Å². The standard InChI is InChI=1S/C23H23N3O4S/c1-15-5-4-6-20(13-15)26-31(29,30)21-12-7-16(2)22(14-21)25-23(28)18-8-10-19(11-9-18)24-17(3)27/h4-14,26H,1-3H3,(H,24,27)(H,25,28). The molecule has 0 aliphatic heterocycles. The third kappa shape index (κ3) is 5.70. The number of benzene rings is 3. The fourth-order valence-electron chi connectivity index (χ4n) is 2.93. The van der Waals surface area contributed by atoms with Crippen LogP contribution in [0.4, 0.5) is 17.1 Å². The zero-order valence-electron chi connectivity index (χ0n) is 17.4. The highest BCUT2D eigenvalue weighted by Gasteiger charge is 2.17. The lowest BCUT2D eigenvalue weighted by Gasteiger charge is -2.13. The number of amides is 2. The van der Waals surface area contributed by atoms with Crippen LogP contribution < -0.4 is 15.4 Å². The van der Waals surface area contributed by atoms with E-state index in [1.165, 1.54) is 19.1 Å². The summed E-state index contributed by atoms with van der Waals surface area (Å²) in [6, 6.07) is 18.0. The van der Waals surface area contributed by atoms with Crippen LogP contribution in [-0.2, 0) is 14.8 Å². The van der Waals surface area contributed by atoms with Crippen molar-refractivity contribution in [1.82, 2.24) is 0 Å². The highest BCUT2D eigenvalue weighted by Crippen LogP contribution is 2.23. The molecule has 0 unspecified atom stereocenters. The monoisotopic (exact) mass is 437 g/mol. The van der Waals surface area contributed by atoms with Crippen LogP contribution in [-0.4, -0.2) is 20.2 Å². The molecule has 160 valence electrons. The molecule has 0 saturated carbocycles. The van der Waals surface area contributed by atoms with Gasteiger partial charge in [0.15, 0.2) is 0 Å². The van der Waals surface area contributed by atoms with Gasteiger partial charge in [-0.1, -0.05) is 18.2 Å². The molecule has 3 rings (SSSR count). The van der Waals surface area contributed by atoms with Gasteiger partial charge >= 0.3 is 0 Å². The van der Waals surface area contributed by atoms with Crippen LogP contribution in [0.2, 0.25) is 0 Å². The zero-order chi connectivity index (χ0) is 22.6. The Kier molecular flexibility index (Phi) is 6.41. The number of carbonyl (C=O) groups is 2. The lowest BCUT2D eigenvalue weighted by atomic mass is 10.1. The maximum Gasteiger partial charge on any atom is 0.261 e. The predicted octanol–water partition coefficient (Wildman–Crippen LogP) is 4.31. The summed E-state index contributed by atoms with van der Waals surface area (Å²) in [5.74, 6) is -0.594. The Morgan fingerprint density at radius 3 is 2.16 bits per heavy atom. The van der Waals surface area contributed by atoms with Gasteiger partial charge in [0.1, 0.15) is 0 Å². The van der Waals surface area contributed by atoms with Gasteiger partial charge in [-0.2, -0.15) is 0 Å². The Morgan fingerprint density at radius 2 is 1.52 bits per heavy atom. The normalized spacial score (nSPS) is 10.9. The number of rotatable bonds is 6. The van der Waals surface area contributed by atoms with Crippen LogP contribution in [0.15, 0.2) is 71.6 Å². The smallest absolute Gasteiger partial charge is 0.261 e. The topological polar surface area (TPSA) is 104 Å². The van der Waals surface area contributed by atoms with Crippen LogP contribution in [0.3, 0.4) is 0 Å². The van der Waals surface area contributed by atoms with Crippen LogP contribution in [0.5, 0.6) is 0 Å². The molecule has 7 nitrogen and oxygen atoms in total. The average Bonchev–Trinajstić information content (AvgIpc) is 2.69. The summed E-state index contributed by atoms with van der Waals surface area (Å²) in [7, 11) is -3.83. The number of hydrogen-bond donors (Lipinski definition) is 3. The maximum absolute atomic E-state index is 12.8. The quantitative estimate of drug-likeness (QED) is 0.534. The van der Waals surface area contributed by atoms with E-state index in [1.54, 1.807) is 55.5 Å². The Bertz CT molecular complexity index is 1240. The number of carbonyl (C=O) groups excluding carboxylic acids is 2. The molecule has 0 heterocycles. The number of anilines is 3. The van der Waals surface area contributed by atoms with Crippen LogP contribution >= 0.6 is 0 Å². The Morgan fingerprint density at radius 1 is 0.806 bits per heavy atom. The van der Waals surface area contributed by atoms with Gasteiger partial charge in [-0.25, -0.2) is 8.42 Å². The van der Waals surface area contributed by atoms with E-state index in [1.807, 2.05) is 13.0 Å². The van der Waals surface area contributed by atoms with Gasteiger partial charge in [0.25, 0.3) is 15.9 Å². The largest absolute Gasteiger partial charge is 0.326 e. The van der Waals surface area contributed by atoms with Crippen molar-refractivity contribution in [3.63, 3.8) is 0 Å². The fourth-order valence-corrected chi connectivity index (χ4v) is 4.00. The summed E-state index contributed by atoms with van der Waals surface area (Å²) in [6.45, 7) is 5.05. The molecule has 0 saturated heterocycles. The molecule has 0 aliphatic rings. The van der Waals surface area contributed by atoms with Gasteiger partial charge in [0.05, 0.1) is 4.90 Å². The second-order valence-electron chi connectivity index (χ2n) is 7.16. The third-order valence-corrected chi connectivity index (χ3v) is 5.88. The third-order valence-electron chi connectivity index (χ3n) is 4.51. The van der Waals surface area contributed by atoms with Crippen molar-refractivity contribution in [2.24, 2.45) is 0 Å². The van der Waals surface area contributed by atoms with Crippen molar-refractivity contribution in [3.8, 4) is 0 Å². The zero-order valence-corrected chi connectivity index (χ0v) is 18.2. The fraction of sp³-hybridized carbons (Fsp3) is 0.130. The van der Waals surface area contributed by atoms with Crippen LogP contribution in [0.25, 0.3) is 0 Å². The molecular formula is C23H23N3O4S. The first kappa shape index (κ1) is 22.0. The molecule has 3 aromatic carbocycles. The highest BCUT2D eigenvalue weighted by molar-refractivity contribution is 7.92. The van der Waals surface area contributed by atoms with E-state index in [-0.39, 0.29) is 10.8 Å². The number of sulfonamides is 1. The summed E-state index contributed by atoms with van der Waals surface area (Å²) < 4.78 is 28.2. The van der Waals surface area contributed by atoms with Gasteiger partial charge in [-0.3, -0.25) is 14.3 Å². The van der Waals surface area contributed by atoms with Gasteiger partial charge in [0.2, 0.25) is 5.91 Å². The first-order chi connectivity index (χ1) is 14.6. The minimum atomic E-state index is -3.83. The van der Waals surface area contributed by atoms with Gasteiger partial charge < -0.3 is 10.6 Å². The van der Waals surface area contributed by atoms with E-state index in [2.05, 4.69) is 15.4 Å². The summed E-state index contributed by atoms with van der Waals surface area (Å²) in [5, 5.41) is 5.39. The summed E-state index contributed by atoms with van der Waals surface area (Å²) in [5.41, 5.74) is 3.46. The van der Waals surface area contributed by atoms with E-state index in [4.69, 9.17) is 0 Å². The SMILES string of the molecule is CC(=O)Nc1ccc(C(=O)Nc2cc(S(=O)(=O)Nc3cccc(C)c3)ccc2C)cc1. The molecule has 0 spiro atoms. The van der Waals surface area contributed by atoms with Crippen molar-refractivity contribution in [2.45, 2.75) is 25.7 Å².